The van der Waals surface area contributed by atoms with Gasteiger partial charge < -0.3 is 10.1 Å². The number of carbonyl (C=O) groups is 1. The van der Waals surface area contributed by atoms with E-state index >= 15 is 0 Å². The molecule has 3 N–H and O–H groups in total. The predicted molar refractivity (Wildman–Crippen MR) is 103 cm³/mol. The molecule has 1 aromatic rings. The van der Waals surface area contributed by atoms with Crippen LogP contribution in [0.15, 0.2) is 24.3 Å². The van der Waals surface area contributed by atoms with Gasteiger partial charge in [-0.25, -0.2) is 5.43 Å². The molecule has 26 heavy (non-hydrogen) atoms. The lowest BCUT2D eigenvalue weighted by Crippen LogP contribution is -2.38. The maximum atomic E-state index is 12.4. The minimum absolute atomic E-state index is 0.112. The van der Waals surface area contributed by atoms with E-state index in [1.54, 1.807) is 0 Å². The third-order valence-electron chi connectivity index (χ3n) is 5.26. The van der Waals surface area contributed by atoms with Gasteiger partial charge in [-0.2, -0.15) is 0 Å². The number of hydrogen-bond donors (Lipinski definition) is 3. The van der Waals surface area contributed by atoms with Crippen molar-refractivity contribution in [1.82, 2.24) is 21.1 Å². The zero-order valence-corrected chi connectivity index (χ0v) is 16.1. The van der Waals surface area contributed by atoms with Gasteiger partial charge in [-0.3, -0.25) is 15.1 Å². The number of morpholine rings is 1. The molecule has 6 nitrogen and oxygen atoms in total. The average molecular weight is 381 g/mol. The van der Waals surface area contributed by atoms with E-state index in [2.05, 4.69) is 28.0 Å². The van der Waals surface area contributed by atoms with Crippen LogP contribution in [0.4, 0.5) is 0 Å². The zero-order valence-electron chi connectivity index (χ0n) is 15.3. The molecule has 3 unspecified atom stereocenters. The van der Waals surface area contributed by atoms with Gasteiger partial charge in [0.05, 0.1) is 19.3 Å². The van der Waals surface area contributed by atoms with Gasteiger partial charge in [0.2, 0.25) is 5.91 Å². The summed E-state index contributed by atoms with van der Waals surface area (Å²) in [6, 6.07) is 8.17. The van der Waals surface area contributed by atoms with Crippen molar-refractivity contribution in [3.8, 4) is 0 Å². The molecule has 2 aliphatic heterocycles. The van der Waals surface area contributed by atoms with Crippen molar-refractivity contribution >= 4 is 17.5 Å². The Morgan fingerprint density at radius 2 is 2.00 bits per heavy atom. The van der Waals surface area contributed by atoms with Gasteiger partial charge in [-0.05, 0) is 37.6 Å². The molecule has 144 valence electrons. The van der Waals surface area contributed by atoms with Crippen molar-refractivity contribution in [2.75, 3.05) is 39.4 Å². The Hall–Kier alpha value is -1.18. The predicted octanol–water partition coefficient (Wildman–Crippen LogP) is 1.72. The topological polar surface area (TPSA) is 65.6 Å². The van der Waals surface area contributed by atoms with E-state index in [1.165, 1.54) is 0 Å². The molecular weight excluding hydrogens is 352 g/mol. The molecule has 0 radical (unpaired) electrons. The number of carbonyl (C=O) groups excluding carboxylic acids is 1. The SMILES string of the molecule is CC1NNC(c2ccc(Cl)cc2)C1CC(=O)NCCCN1CCOCC1. The van der Waals surface area contributed by atoms with Gasteiger partial charge in [-0.15, -0.1) is 0 Å². The maximum absolute atomic E-state index is 12.4. The fourth-order valence-electron chi connectivity index (χ4n) is 3.66. The van der Waals surface area contributed by atoms with Gasteiger partial charge in [0.15, 0.2) is 0 Å². The summed E-state index contributed by atoms with van der Waals surface area (Å²) in [5.74, 6) is 0.323. The number of rotatable bonds is 7. The van der Waals surface area contributed by atoms with Crippen molar-refractivity contribution in [1.29, 1.82) is 0 Å². The Morgan fingerprint density at radius 1 is 1.27 bits per heavy atom. The van der Waals surface area contributed by atoms with Crippen LogP contribution in [-0.4, -0.2) is 56.2 Å². The Kier molecular flexibility index (Phi) is 7.28. The molecule has 0 aliphatic carbocycles. The number of ether oxygens (including phenoxy) is 1. The van der Waals surface area contributed by atoms with Crippen LogP contribution in [0, 0.1) is 5.92 Å². The van der Waals surface area contributed by atoms with E-state index in [0.717, 1.165) is 56.4 Å². The molecule has 2 saturated heterocycles. The second kappa shape index (κ2) is 9.67. The molecule has 0 saturated carbocycles. The third kappa shape index (κ3) is 5.41. The molecule has 0 bridgehead atoms. The summed E-state index contributed by atoms with van der Waals surface area (Å²) in [6.07, 6.45) is 1.48. The van der Waals surface area contributed by atoms with E-state index in [1.807, 2.05) is 24.3 Å². The highest BCUT2D eigenvalue weighted by Gasteiger charge is 2.35. The fraction of sp³-hybridized carbons (Fsp3) is 0.632. The molecule has 7 heteroatoms. The number of halogens is 1. The van der Waals surface area contributed by atoms with Crippen LogP contribution in [-0.2, 0) is 9.53 Å². The Labute approximate surface area is 160 Å². The third-order valence-corrected chi connectivity index (χ3v) is 5.52. The second-order valence-corrected chi connectivity index (χ2v) is 7.57. The van der Waals surface area contributed by atoms with Gasteiger partial charge >= 0.3 is 0 Å². The maximum Gasteiger partial charge on any atom is 0.220 e. The van der Waals surface area contributed by atoms with Gasteiger partial charge in [0.1, 0.15) is 0 Å². The van der Waals surface area contributed by atoms with Crippen molar-refractivity contribution in [2.24, 2.45) is 5.92 Å². The van der Waals surface area contributed by atoms with Crippen LogP contribution in [0.3, 0.4) is 0 Å². The molecule has 3 rings (SSSR count). The molecule has 2 aliphatic rings. The standard InChI is InChI=1S/C19H29ClN4O2/c1-14-17(19(23-22-14)15-3-5-16(20)6-4-15)13-18(25)21-7-2-8-24-9-11-26-12-10-24/h3-6,14,17,19,22-23H,2,7-13H2,1H3,(H,21,25). The number of nitrogens with zero attached hydrogens (tertiary/aromatic N) is 1. The molecule has 2 heterocycles. The highest BCUT2D eigenvalue weighted by Crippen LogP contribution is 2.31. The first-order valence-corrected chi connectivity index (χ1v) is 9.84. The summed E-state index contributed by atoms with van der Waals surface area (Å²) in [4.78, 5) is 14.8. The van der Waals surface area contributed by atoms with Crippen molar-refractivity contribution in [2.45, 2.75) is 31.8 Å². The van der Waals surface area contributed by atoms with E-state index in [-0.39, 0.29) is 23.9 Å². The van der Waals surface area contributed by atoms with Gasteiger partial charge in [0.25, 0.3) is 0 Å². The fourth-order valence-corrected chi connectivity index (χ4v) is 3.79. The lowest BCUT2D eigenvalue weighted by atomic mass is 9.87. The highest BCUT2D eigenvalue weighted by molar-refractivity contribution is 6.30. The summed E-state index contributed by atoms with van der Waals surface area (Å²) >= 11 is 5.98. The molecule has 3 atom stereocenters. The Bertz CT molecular complexity index is 577. The minimum Gasteiger partial charge on any atom is -0.379 e. The van der Waals surface area contributed by atoms with Crippen LogP contribution in [0.2, 0.25) is 5.02 Å². The molecule has 1 amide bonds. The first kappa shape index (κ1) is 19.6. The largest absolute Gasteiger partial charge is 0.379 e. The molecule has 1 aromatic carbocycles. The van der Waals surface area contributed by atoms with Gasteiger partial charge in [-0.1, -0.05) is 23.7 Å². The highest BCUT2D eigenvalue weighted by atomic mass is 35.5. The Balaban J connectivity index is 1.43. The van der Waals surface area contributed by atoms with Crippen LogP contribution in [0.5, 0.6) is 0 Å². The average Bonchev–Trinajstić information content (AvgIpc) is 3.01. The minimum atomic E-state index is 0.112. The lowest BCUT2D eigenvalue weighted by molar-refractivity contribution is -0.122. The van der Waals surface area contributed by atoms with E-state index in [9.17, 15) is 4.79 Å². The summed E-state index contributed by atoms with van der Waals surface area (Å²) < 4.78 is 5.35. The zero-order chi connectivity index (χ0) is 18.4. The van der Waals surface area contributed by atoms with E-state index in [0.29, 0.717) is 6.42 Å². The summed E-state index contributed by atoms with van der Waals surface area (Å²) in [7, 11) is 0. The van der Waals surface area contributed by atoms with Crippen LogP contribution >= 0.6 is 11.6 Å². The molecule has 0 aromatic heterocycles. The van der Waals surface area contributed by atoms with Crippen molar-refractivity contribution in [3.63, 3.8) is 0 Å². The monoisotopic (exact) mass is 380 g/mol. The van der Waals surface area contributed by atoms with E-state index in [4.69, 9.17) is 16.3 Å². The number of hydrogen-bond acceptors (Lipinski definition) is 5. The van der Waals surface area contributed by atoms with Crippen molar-refractivity contribution < 1.29 is 9.53 Å². The van der Waals surface area contributed by atoms with Gasteiger partial charge in [0, 0.05) is 43.0 Å². The molecular formula is C19H29ClN4O2. The summed E-state index contributed by atoms with van der Waals surface area (Å²) in [6.45, 7) is 7.47. The van der Waals surface area contributed by atoms with Crippen LogP contribution in [0.1, 0.15) is 31.4 Å². The first-order valence-electron chi connectivity index (χ1n) is 9.47. The smallest absolute Gasteiger partial charge is 0.220 e. The summed E-state index contributed by atoms with van der Waals surface area (Å²) in [5, 5.41) is 3.80. The first-order chi connectivity index (χ1) is 12.6. The quantitative estimate of drug-likeness (QED) is 0.629. The van der Waals surface area contributed by atoms with E-state index < -0.39 is 0 Å². The number of nitrogens with one attached hydrogen (secondary N) is 3. The van der Waals surface area contributed by atoms with Crippen LogP contribution < -0.4 is 16.2 Å². The van der Waals surface area contributed by atoms with Crippen molar-refractivity contribution in [3.05, 3.63) is 34.9 Å². The molecule has 0 spiro atoms. The normalized spacial score (nSPS) is 26.8. The van der Waals surface area contributed by atoms with Crippen LogP contribution in [0.25, 0.3) is 0 Å². The lowest BCUT2D eigenvalue weighted by Gasteiger charge is -2.26. The summed E-state index contributed by atoms with van der Waals surface area (Å²) in [5.41, 5.74) is 7.73. The molecule has 2 fully saturated rings. The number of amides is 1. The number of benzene rings is 1. The number of hydrazine groups is 1. The second-order valence-electron chi connectivity index (χ2n) is 7.13. The Morgan fingerprint density at radius 3 is 2.73 bits per heavy atom.